The Kier molecular flexibility index (Phi) is 3.91. The van der Waals surface area contributed by atoms with Crippen molar-refractivity contribution in [3.05, 3.63) is 54.0 Å². The first kappa shape index (κ1) is 14.0. The normalized spacial score (nSPS) is 10.7. The summed E-state index contributed by atoms with van der Waals surface area (Å²) in [6.45, 7) is 3.69. The maximum absolute atomic E-state index is 12.0. The number of hydrogen-bond acceptors (Lipinski definition) is 3. The molecular weight excluding hydrogens is 330 g/mol. The molecule has 2 heterocycles. The third-order valence-electron chi connectivity index (χ3n) is 2.97. The predicted octanol–water partition coefficient (Wildman–Crippen LogP) is 3.04. The second kappa shape index (κ2) is 5.30. The van der Waals surface area contributed by atoms with Gasteiger partial charge in [0.05, 0.1) is 12.1 Å². The summed E-state index contributed by atoms with van der Waals surface area (Å²) in [6.07, 6.45) is 0. The van der Waals surface area contributed by atoms with Gasteiger partial charge in [0.25, 0.3) is 5.56 Å². The molecule has 0 saturated heterocycles. The van der Waals surface area contributed by atoms with Gasteiger partial charge in [-0.1, -0.05) is 0 Å². The molecule has 0 aromatic carbocycles. The van der Waals surface area contributed by atoms with Gasteiger partial charge in [0.2, 0.25) is 0 Å². The lowest BCUT2D eigenvalue weighted by atomic mass is 10.1. The first-order chi connectivity index (χ1) is 8.91. The molecule has 0 aliphatic heterocycles. The van der Waals surface area contributed by atoms with Crippen LogP contribution in [-0.4, -0.2) is 15.6 Å². The molecule has 0 unspecified atom stereocenters. The SMILES string of the molecule is Cc1cc(=O)n(Cc2sccc2Br)c(C)c1C(=O)O. The van der Waals surface area contributed by atoms with E-state index < -0.39 is 5.97 Å². The van der Waals surface area contributed by atoms with Gasteiger partial charge >= 0.3 is 5.97 Å². The molecule has 0 aliphatic carbocycles. The van der Waals surface area contributed by atoms with Gasteiger partial charge in [0.1, 0.15) is 0 Å². The molecule has 100 valence electrons. The van der Waals surface area contributed by atoms with Gasteiger partial charge in [-0.15, -0.1) is 11.3 Å². The number of thiophene rings is 1. The second-order valence-corrected chi connectivity index (χ2v) is 6.06. The average Bonchev–Trinajstić information content (AvgIpc) is 2.69. The van der Waals surface area contributed by atoms with E-state index in [9.17, 15) is 14.7 Å². The third-order valence-corrected chi connectivity index (χ3v) is 4.88. The van der Waals surface area contributed by atoms with Crippen molar-refractivity contribution in [3.8, 4) is 0 Å². The maximum atomic E-state index is 12.0. The van der Waals surface area contributed by atoms with Gasteiger partial charge in [-0.05, 0) is 46.8 Å². The lowest BCUT2D eigenvalue weighted by molar-refractivity contribution is 0.0694. The van der Waals surface area contributed by atoms with Crippen molar-refractivity contribution in [1.29, 1.82) is 0 Å². The fraction of sp³-hybridized carbons (Fsp3) is 0.231. The van der Waals surface area contributed by atoms with Crippen LogP contribution < -0.4 is 5.56 Å². The number of hydrogen-bond donors (Lipinski definition) is 1. The standard InChI is InChI=1S/C13H12BrNO3S/c1-7-5-11(16)15(8(2)12(7)13(17)18)6-10-9(14)3-4-19-10/h3-5H,6H2,1-2H3,(H,17,18). The van der Waals surface area contributed by atoms with Crippen LogP contribution in [0.25, 0.3) is 0 Å². The fourth-order valence-corrected chi connectivity index (χ4v) is 3.49. The monoisotopic (exact) mass is 341 g/mol. The molecule has 19 heavy (non-hydrogen) atoms. The zero-order valence-corrected chi connectivity index (χ0v) is 12.8. The van der Waals surface area contributed by atoms with Crippen LogP contribution in [0.15, 0.2) is 26.8 Å². The third kappa shape index (κ3) is 2.64. The number of carbonyl (C=O) groups is 1. The summed E-state index contributed by atoms with van der Waals surface area (Å²) in [5, 5.41) is 11.1. The van der Waals surface area contributed by atoms with E-state index in [0.717, 1.165) is 9.35 Å². The molecule has 6 heteroatoms. The number of halogens is 1. The van der Waals surface area contributed by atoms with Crippen LogP contribution in [0.3, 0.4) is 0 Å². The summed E-state index contributed by atoms with van der Waals surface area (Å²) in [6, 6.07) is 3.28. The van der Waals surface area contributed by atoms with E-state index >= 15 is 0 Å². The van der Waals surface area contributed by atoms with Crippen molar-refractivity contribution in [2.75, 3.05) is 0 Å². The Morgan fingerprint density at radius 2 is 2.16 bits per heavy atom. The average molecular weight is 342 g/mol. The fourth-order valence-electron chi connectivity index (χ4n) is 2.02. The highest BCUT2D eigenvalue weighted by Crippen LogP contribution is 2.24. The van der Waals surface area contributed by atoms with Gasteiger partial charge in [-0.25, -0.2) is 4.79 Å². The number of aromatic carboxylic acids is 1. The van der Waals surface area contributed by atoms with E-state index in [0.29, 0.717) is 17.8 Å². The number of rotatable bonds is 3. The molecule has 0 atom stereocenters. The van der Waals surface area contributed by atoms with Crippen molar-refractivity contribution in [2.45, 2.75) is 20.4 Å². The smallest absolute Gasteiger partial charge is 0.337 e. The van der Waals surface area contributed by atoms with Crippen LogP contribution in [0.5, 0.6) is 0 Å². The zero-order chi connectivity index (χ0) is 14.2. The van der Waals surface area contributed by atoms with E-state index in [1.54, 1.807) is 13.8 Å². The molecule has 0 aliphatic rings. The number of nitrogens with zero attached hydrogens (tertiary/aromatic N) is 1. The summed E-state index contributed by atoms with van der Waals surface area (Å²) in [4.78, 5) is 24.3. The topological polar surface area (TPSA) is 59.3 Å². The number of aryl methyl sites for hydroxylation is 1. The van der Waals surface area contributed by atoms with Gasteiger partial charge < -0.3 is 9.67 Å². The number of aromatic nitrogens is 1. The zero-order valence-electron chi connectivity index (χ0n) is 10.4. The summed E-state index contributed by atoms with van der Waals surface area (Å²) < 4.78 is 2.42. The van der Waals surface area contributed by atoms with Crippen LogP contribution in [0.4, 0.5) is 0 Å². The van der Waals surface area contributed by atoms with E-state index in [4.69, 9.17) is 0 Å². The van der Waals surface area contributed by atoms with E-state index in [-0.39, 0.29) is 11.1 Å². The summed E-state index contributed by atoms with van der Waals surface area (Å²) >= 11 is 4.94. The van der Waals surface area contributed by atoms with Crippen molar-refractivity contribution in [1.82, 2.24) is 4.57 Å². The quantitative estimate of drug-likeness (QED) is 0.933. The molecule has 0 fully saturated rings. The molecule has 2 rings (SSSR count). The van der Waals surface area contributed by atoms with Gasteiger partial charge in [0.15, 0.2) is 0 Å². The molecule has 2 aromatic rings. The number of pyridine rings is 1. The molecule has 0 amide bonds. The Morgan fingerprint density at radius 1 is 1.47 bits per heavy atom. The van der Waals surface area contributed by atoms with E-state index in [2.05, 4.69) is 15.9 Å². The van der Waals surface area contributed by atoms with E-state index in [1.165, 1.54) is 22.0 Å². The lowest BCUT2D eigenvalue weighted by Gasteiger charge is -2.13. The minimum atomic E-state index is -1.01. The van der Waals surface area contributed by atoms with Crippen molar-refractivity contribution < 1.29 is 9.90 Å². The highest BCUT2D eigenvalue weighted by molar-refractivity contribution is 9.10. The highest BCUT2D eigenvalue weighted by Gasteiger charge is 2.16. The Hall–Kier alpha value is -1.40. The van der Waals surface area contributed by atoms with Gasteiger partial charge in [0, 0.05) is 21.1 Å². The Bertz CT molecular complexity index is 702. The van der Waals surface area contributed by atoms with Crippen LogP contribution in [0.1, 0.15) is 26.5 Å². The Balaban J connectivity index is 2.58. The maximum Gasteiger partial charge on any atom is 0.337 e. The van der Waals surface area contributed by atoms with Crippen LogP contribution in [-0.2, 0) is 6.54 Å². The van der Waals surface area contributed by atoms with Gasteiger partial charge in [-0.2, -0.15) is 0 Å². The second-order valence-electron chi connectivity index (χ2n) is 4.21. The van der Waals surface area contributed by atoms with Crippen LogP contribution >= 0.6 is 27.3 Å². The first-order valence-electron chi connectivity index (χ1n) is 5.58. The van der Waals surface area contributed by atoms with Gasteiger partial charge in [-0.3, -0.25) is 4.79 Å². The van der Waals surface area contributed by atoms with Crippen LogP contribution in [0, 0.1) is 13.8 Å². The van der Waals surface area contributed by atoms with E-state index in [1.807, 2.05) is 11.4 Å². The van der Waals surface area contributed by atoms with Crippen molar-refractivity contribution in [2.24, 2.45) is 0 Å². The molecule has 0 saturated carbocycles. The molecule has 0 bridgehead atoms. The Labute approximate surface area is 122 Å². The lowest BCUT2D eigenvalue weighted by Crippen LogP contribution is -2.25. The highest BCUT2D eigenvalue weighted by atomic mass is 79.9. The van der Waals surface area contributed by atoms with Crippen LogP contribution in [0.2, 0.25) is 0 Å². The summed E-state index contributed by atoms with van der Waals surface area (Å²) in [7, 11) is 0. The minimum Gasteiger partial charge on any atom is -0.478 e. The summed E-state index contributed by atoms with van der Waals surface area (Å²) in [5.41, 5.74) is 1.00. The number of carboxylic acid groups (broad SMARTS) is 1. The molecule has 0 radical (unpaired) electrons. The summed E-state index contributed by atoms with van der Waals surface area (Å²) in [5.74, 6) is -1.01. The molecule has 0 spiro atoms. The predicted molar refractivity (Wildman–Crippen MR) is 78.3 cm³/mol. The largest absolute Gasteiger partial charge is 0.478 e. The Morgan fingerprint density at radius 3 is 2.68 bits per heavy atom. The minimum absolute atomic E-state index is 0.180. The molecule has 4 nitrogen and oxygen atoms in total. The molecular formula is C13H12BrNO3S. The number of carboxylic acids is 1. The molecule has 1 N–H and O–H groups in total. The molecule has 2 aromatic heterocycles. The van der Waals surface area contributed by atoms with Crippen molar-refractivity contribution in [3.63, 3.8) is 0 Å². The first-order valence-corrected chi connectivity index (χ1v) is 7.25. The van der Waals surface area contributed by atoms with Crippen molar-refractivity contribution >= 4 is 33.2 Å².